The summed E-state index contributed by atoms with van der Waals surface area (Å²) < 4.78 is 0. The maximum Gasteiger partial charge on any atom is 0.242 e. The second-order valence-electron chi connectivity index (χ2n) is 28.3. The van der Waals surface area contributed by atoms with Crippen molar-refractivity contribution >= 4 is 67.7 Å². The molecular formula is C86H78B2. The molecule has 0 saturated heterocycles. The van der Waals surface area contributed by atoms with Gasteiger partial charge in [0.15, 0.2) is 0 Å². The van der Waals surface area contributed by atoms with Crippen LogP contribution in [0.15, 0.2) is 182 Å². The molecule has 0 aliphatic heterocycles. The zero-order chi connectivity index (χ0) is 61.3. The van der Waals surface area contributed by atoms with Gasteiger partial charge in [0, 0.05) is 10.8 Å². The van der Waals surface area contributed by atoms with Gasteiger partial charge in [-0.2, -0.15) is 0 Å². The number of hydrogen-bond acceptors (Lipinski definition) is 0. The third kappa shape index (κ3) is 8.27. The molecule has 12 aromatic rings. The Morgan fingerprint density at radius 2 is 0.477 bits per heavy atom. The summed E-state index contributed by atoms with van der Waals surface area (Å²) in [6, 6.07) is 72.2. The fourth-order valence-electron chi connectivity index (χ4n) is 17.9. The normalized spacial score (nSPS) is 13.6. The van der Waals surface area contributed by atoms with E-state index in [0.29, 0.717) is 0 Å². The molecule has 0 bridgehead atoms. The van der Waals surface area contributed by atoms with Crippen LogP contribution in [0.2, 0.25) is 0 Å². The van der Waals surface area contributed by atoms with Gasteiger partial charge in [0.25, 0.3) is 0 Å². The van der Waals surface area contributed by atoms with E-state index in [4.69, 9.17) is 0 Å². The van der Waals surface area contributed by atoms with Gasteiger partial charge in [-0.25, -0.2) is 0 Å². The lowest BCUT2D eigenvalue weighted by molar-refractivity contribution is 0.521. The predicted molar refractivity (Wildman–Crippen MR) is 384 cm³/mol. The van der Waals surface area contributed by atoms with Crippen LogP contribution in [-0.2, 0) is 10.8 Å². The summed E-state index contributed by atoms with van der Waals surface area (Å²) in [4.78, 5) is 0. The Morgan fingerprint density at radius 3 is 0.739 bits per heavy atom. The minimum atomic E-state index is -0.248. The molecule has 2 heteroatoms. The van der Waals surface area contributed by atoms with Crippen LogP contribution in [0.25, 0.3) is 88.3 Å². The second-order valence-corrected chi connectivity index (χ2v) is 28.3. The van der Waals surface area contributed by atoms with Crippen molar-refractivity contribution in [2.45, 2.75) is 122 Å². The van der Waals surface area contributed by atoms with Crippen molar-refractivity contribution in [1.82, 2.24) is 0 Å². The minimum Gasteiger partial charge on any atom is -0.0686 e. The minimum absolute atomic E-state index is 0.135. The van der Waals surface area contributed by atoms with Crippen LogP contribution in [0.4, 0.5) is 0 Å². The van der Waals surface area contributed by atoms with Crippen molar-refractivity contribution in [3.8, 4) is 66.8 Å². The molecule has 0 radical (unpaired) electrons. The second kappa shape index (κ2) is 19.9. The van der Waals surface area contributed by atoms with E-state index in [0.717, 1.165) is 0 Å². The van der Waals surface area contributed by atoms with Crippen LogP contribution in [0.5, 0.6) is 0 Å². The first-order chi connectivity index (χ1) is 42.1. The molecule has 12 aromatic carbocycles. The highest BCUT2D eigenvalue weighted by atomic mass is 14.5. The summed E-state index contributed by atoms with van der Waals surface area (Å²) in [5.41, 5.74) is 45.5. The third-order valence-corrected chi connectivity index (χ3v) is 21.5. The highest BCUT2D eigenvalue weighted by Crippen LogP contribution is 2.59. The molecule has 0 atom stereocenters. The lowest BCUT2D eigenvalue weighted by Gasteiger charge is -2.44. The first-order valence-corrected chi connectivity index (χ1v) is 32.1. The van der Waals surface area contributed by atoms with Crippen molar-refractivity contribution in [2.24, 2.45) is 0 Å². The number of aryl methyl sites for hydroxylation is 12. The summed E-state index contributed by atoms with van der Waals surface area (Å²) in [5, 5.41) is 5.37. The summed E-state index contributed by atoms with van der Waals surface area (Å²) in [5.74, 6) is 0. The molecule has 0 nitrogen and oxygen atoms in total. The molecule has 0 spiro atoms. The molecule has 0 unspecified atom stereocenters. The largest absolute Gasteiger partial charge is 0.242 e. The Bertz CT molecular complexity index is 4420. The van der Waals surface area contributed by atoms with Gasteiger partial charge in [-0.15, -0.1) is 0 Å². The molecule has 0 fully saturated rings. The molecular weight excluding hydrogens is 1050 g/mol. The van der Waals surface area contributed by atoms with E-state index < -0.39 is 0 Å². The van der Waals surface area contributed by atoms with E-state index >= 15 is 0 Å². The van der Waals surface area contributed by atoms with Crippen LogP contribution in [0, 0.1) is 83.1 Å². The van der Waals surface area contributed by atoms with E-state index in [1.54, 1.807) is 0 Å². The Balaban J connectivity index is 0.787. The Morgan fingerprint density at radius 1 is 0.239 bits per heavy atom. The summed E-state index contributed by atoms with van der Waals surface area (Å²) in [6.07, 6.45) is 0. The van der Waals surface area contributed by atoms with Gasteiger partial charge in [0.2, 0.25) is 13.4 Å². The molecule has 0 amide bonds. The van der Waals surface area contributed by atoms with Gasteiger partial charge in [0.05, 0.1) is 0 Å². The fraction of sp³-hybridized carbons (Fsp3) is 0.209. The molecule has 3 aliphatic carbocycles. The molecule has 0 saturated carbocycles. The highest BCUT2D eigenvalue weighted by molar-refractivity contribution is 6.97. The smallest absolute Gasteiger partial charge is 0.0686 e. The maximum atomic E-state index is 2.59. The quantitative estimate of drug-likeness (QED) is 0.133. The number of hydrogen-bond donors (Lipinski definition) is 0. The van der Waals surface area contributed by atoms with Crippen molar-refractivity contribution in [3.05, 3.63) is 271 Å². The molecule has 15 rings (SSSR count). The molecule has 428 valence electrons. The molecule has 3 aliphatic rings. The summed E-state index contributed by atoms with van der Waals surface area (Å²) in [6.45, 7) is 37.5. The first-order valence-electron chi connectivity index (χ1n) is 32.1. The van der Waals surface area contributed by atoms with Crippen LogP contribution < -0.4 is 32.8 Å². The molecule has 0 N–H and O–H groups in total. The van der Waals surface area contributed by atoms with Gasteiger partial charge < -0.3 is 0 Å². The zero-order valence-electron chi connectivity index (χ0n) is 54.5. The SMILES string of the molecule is Cc1cc(C)c(B(c2ccc(-c3ccc4c5c(cccc35)-c3cc5c(cc3-4)C(C)(C)c3cc4c(cc3C5(C)C)-c3ccc(-c5ccc(B(c6c(C)cc(C)cc6C)c6c(C)cc(C)cc6C)cc5)c5cccc-4c35)cc2)c2c(C)cc(C)cc2C)c(C)c1. The molecule has 88 heavy (non-hydrogen) atoms. The van der Waals surface area contributed by atoms with E-state index in [9.17, 15) is 0 Å². The Kier molecular flexibility index (Phi) is 12.6. The Labute approximate surface area is 524 Å². The van der Waals surface area contributed by atoms with Crippen molar-refractivity contribution in [3.63, 3.8) is 0 Å². The van der Waals surface area contributed by atoms with Crippen molar-refractivity contribution in [2.75, 3.05) is 0 Å². The number of fused-ring (bicyclic) bond motifs is 8. The van der Waals surface area contributed by atoms with E-state index in [-0.39, 0.29) is 24.3 Å². The van der Waals surface area contributed by atoms with Gasteiger partial charge in [0.1, 0.15) is 0 Å². The summed E-state index contributed by atoms with van der Waals surface area (Å²) >= 11 is 0. The Hall–Kier alpha value is -8.71. The van der Waals surface area contributed by atoms with Gasteiger partial charge in [-0.05, 0) is 218 Å². The number of benzene rings is 12. The number of rotatable bonds is 8. The average Bonchev–Trinajstić information content (AvgIpc) is 1.46. The first kappa shape index (κ1) is 55.8. The van der Waals surface area contributed by atoms with E-state index in [2.05, 4.69) is 293 Å². The van der Waals surface area contributed by atoms with Gasteiger partial charge >= 0.3 is 0 Å². The van der Waals surface area contributed by atoms with Crippen LogP contribution in [0.1, 0.15) is 117 Å². The topological polar surface area (TPSA) is 0 Å². The van der Waals surface area contributed by atoms with Crippen LogP contribution >= 0.6 is 0 Å². The average molecular weight is 1130 g/mol. The van der Waals surface area contributed by atoms with Gasteiger partial charge in [-0.3, -0.25) is 0 Å². The van der Waals surface area contributed by atoms with Crippen LogP contribution in [-0.4, -0.2) is 13.4 Å². The van der Waals surface area contributed by atoms with Crippen molar-refractivity contribution in [1.29, 1.82) is 0 Å². The standard InChI is InChI=1S/C86H78B2/c1-47-35-51(5)81(52(6)36-47)87(82-53(7)37-48(2)38-54(82)8)61-27-23-59(24-28-61)63-31-33-69-73-45-77-75(43-71(73)67-21-17-19-65(63)79(67)69)85(13,14)78-46-74-70-34-32-64(66-20-18-22-68(80(66)70)72(74)44-76(78)86(77,15)16)60-25-29-62(30-26-60)88(83-55(9)39-49(3)40-56(83)10)84-57(11)41-50(4)42-58(84)12/h17-46H,1-16H3. The van der Waals surface area contributed by atoms with Gasteiger partial charge in [-0.1, -0.05) is 285 Å². The van der Waals surface area contributed by atoms with E-state index in [1.807, 2.05) is 0 Å². The maximum absolute atomic E-state index is 2.59. The third-order valence-electron chi connectivity index (χ3n) is 21.5. The highest BCUT2D eigenvalue weighted by Gasteiger charge is 2.45. The van der Waals surface area contributed by atoms with Crippen molar-refractivity contribution < 1.29 is 0 Å². The lowest BCUT2D eigenvalue weighted by Crippen LogP contribution is -2.55. The summed E-state index contributed by atoms with van der Waals surface area (Å²) in [7, 11) is 0. The van der Waals surface area contributed by atoms with Crippen LogP contribution in [0.3, 0.4) is 0 Å². The predicted octanol–water partition coefficient (Wildman–Crippen LogP) is 18.3. The monoisotopic (exact) mass is 1130 g/mol. The zero-order valence-corrected chi connectivity index (χ0v) is 54.5. The van der Waals surface area contributed by atoms with E-state index in [1.165, 1.54) is 210 Å². The molecule has 0 aromatic heterocycles. The fourth-order valence-corrected chi connectivity index (χ4v) is 17.9. The lowest BCUT2D eigenvalue weighted by atomic mass is 9.34. The molecule has 0 heterocycles.